The van der Waals surface area contributed by atoms with E-state index in [2.05, 4.69) is 115 Å². The molecule has 0 aromatic rings. The van der Waals surface area contributed by atoms with Crippen molar-refractivity contribution in [2.45, 2.75) is 67.3 Å². The molecule has 0 bridgehead atoms. The van der Waals surface area contributed by atoms with E-state index in [1.54, 1.807) is 0 Å². The standard InChI is InChI=1S/C31H48N2/c1-9-12-15-20-31(8)28(22(4)5)24(7)26(19-21-33-30(31)23(6)11-3)27(16-10-2)29(32)25-17-13-14-18-25/h9-18,22,24-26,28,30,33H,1,19-21,32H2,2-8H3/b15-12-,16-10-,23-11+,29-27+/t24-,26?,28?,30?,31?/m1/s1. The van der Waals surface area contributed by atoms with Crippen LogP contribution in [0.15, 0.2) is 84.2 Å². The zero-order chi connectivity index (χ0) is 24.6. The van der Waals surface area contributed by atoms with Crippen molar-refractivity contribution >= 4 is 0 Å². The second-order valence-corrected chi connectivity index (χ2v) is 10.5. The third-order valence-corrected chi connectivity index (χ3v) is 8.07. The van der Waals surface area contributed by atoms with Gasteiger partial charge in [-0.05, 0) is 74.8 Å². The normalized spacial score (nSPS) is 32.5. The molecule has 4 unspecified atom stereocenters. The Morgan fingerprint density at radius 2 is 1.91 bits per heavy atom. The van der Waals surface area contributed by atoms with Gasteiger partial charge >= 0.3 is 0 Å². The third kappa shape index (κ3) is 6.09. The maximum atomic E-state index is 6.85. The van der Waals surface area contributed by atoms with Crippen LogP contribution in [0.4, 0.5) is 0 Å². The molecule has 2 heteroatoms. The maximum absolute atomic E-state index is 6.85. The Balaban J connectivity index is 2.63. The van der Waals surface area contributed by atoms with Crippen LogP contribution in [0.2, 0.25) is 0 Å². The highest BCUT2D eigenvalue weighted by atomic mass is 14.9. The zero-order valence-corrected chi connectivity index (χ0v) is 22.1. The number of nitrogens with one attached hydrogen (secondary N) is 1. The van der Waals surface area contributed by atoms with E-state index in [1.165, 1.54) is 11.1 Å². The average Bonchev–Trinajstić information content (AvgIpc) is 3.31. The molecule has 1 fully saturated rings. The van der Waals surface area contributed by atoms with Crippen LogP contribution < -0.4 is 11.1 Å². The Morgan fingerprint density at radius 1 is 1.24 bits per heavy atom. The molecule has 1 heterocycles. The van der Waals surface area contributed by atoms with E-state index in [0.717, 1.165) is 25.1 Å². The molecule has 0 amide bonds. The van der Waals surface area contributed by atoms with Gasteiger partial charge in [0.15, 0.2) is 0 Å². The predicted molar refractivity (Wildman–Crippen MR) is 147 cm³/mol. The van der Waals surface area contributed by atoms with E-state index < -0.39 is 0 Å². The molecule has 2 rings (SSSR count). The molecule has 0 aromatic heterocycles. The van der Waals surface area contributed by atoms with Gasteiger partial charge in [0.1, 0.15) is 0 Å². The monoisotopic (exact) mass is 448 g/mol. The minimum atomic E-state index is 0.0747. The summed E-state index contributed by atoms with van der Waals surface area (Å²) in [7, 11) is 0. The van der Waals surface area contributed by atoms with Gasteiger partial charge in [0.25, 0.3) is 0 Å². The zero-order valence-electron chi connectivity index (χ0n) is 22.1. The molecular weight excluding hydrogens is 400 g/mol. The van der Waals surface area contributed by atoms with E-state index >= 15 is 0 Å². The smallest absolute Gasteiger partial charge is 0.0354 e. The highest BCUT2D eigenvalue weighted by Gasteiger charge is 2.48. The van der Waals surface area contributed by atoms with E-state index in [1.807, 2.05) is 6.08 Å². The summed E-state index contributed by atoms with van der Waals surface area (Å²) < 4.78 is 0. The first-order chi connectivity index (χ1) is 15.7. The van der Waals surface area contributed by atoms with Crippen molar-refractivity contribution in [2.24, 2.45) is 40.7 Å². The highest BCUT2D eigenvalue weighted by molar-refractivity contribution is 5.36. The summed E-state index contributed by atoms with van der Waals surface area (Å²) in [5, 5.41) is 3.99. The van der Waals surface area contributed by atoms with Gasteiger partial charge in [0.2, 0.25) is 0 Å². The molecule has 3 N–H and O–H groups in total. The van der Waals surface area contributed by atoms with Gasteiger partial charge in [-0.2, -0.15) is 0 Å². The SMILES string of the molecule is C=C/C=C\CC1(C)C(/C(C)=C/C)NCCC(C(/C=C\C)=C(/N)C2C=CC=C2)[C@@H](C)C1C(C)C. The van der Waals surface area contributed by atoms with Crippen LogP contribution in [0.5, 0.6) is 0 Å². The van der Waals surface area contributed by atoms with E-state index in [-0.39, 0.29) is 11.3 Å². The highest BCUT2D eigenvalue weighted by Crippen LogP contribution is 2.51. The third-order valence-electron chi connectivity index (χ3n) is 8.07. The molecule has 0 saturated carbocycles. The number of nitrogens with two attached hydrogens (primary N) is 1. The first-order valence-electron chi connectivity index (χ1n) is 12.8. The van der Waals surface area contributed by atoms with Gasteiger partial charge in [-0.3, -0.25) is 0 Å². The molecule has 5 atom stereocenters. The largest absolute Gasteiger partial charge is 0.401 e. The van der Waals surface area contributed by atoms with Crippen molar-refractivity contribution in [1.82, 2.24) is 5.32 Å². The van der Waals surface area contributed by atoms with Gasteiger partial charge in [-0.25, -0.2) is 0 Å². The molecule has 2 nitrogen and oxygen atoms in total. The Labute approximate surface area is 204 Å². The Morgan fingerprint density at radius 3 is 2.45 bits per heavy atom. The Hall–Kier alpha value is -2.06. The van der Waals surface area contributed by atoms with Crippen molar-refractivity contribution in [2.75, 3.05) is 6.54 Å². The van der Waals surface area contributed by atoms with Crippen LogP contribution >= 0.6 is 0 Å². The van der Waals surface area contributed by atoms with Crippen LogP contribution in [-0.4, -0.2) is 12.6 Å². The lowest BCUT2D eigenvalue weighted by Crippen LogP contribution is -2.55. The van der Waals surface area contributed by atoms with Crippen LogP contribution in [0.3, 0.4) is 0 Å². The summed E-state index contributed by atoms with van der Waals surface area (Å²) in [5.41, 5.74) is 10.7. The number of allylic oxidation sites excluding steroid dienone is 10. The summed E-state index contributed by atoms with van der Waals surface area (Å²) in [6.45, 7) is 21.2. The first-order valence-corrected chi connectivity index (χ1v) is 12.8. The fourth-order valence-electron chi connectivity index (χ4n) is 6.69. The Bertz CT molecular complexity index is 823. The van der Waals surface area contributed by atoms with Crippen molar-refractivity contribution in [3.8, 4) is 0 Å². The van der Waals surface area contributed by atoms with Crippen molar-refractivity contribution < 1.29 is 0 Å². The minimum Gasteiger partial charge on any atom is -0.401 e. The predicted octanol–water partition coefficient (Wildman–Crippen LogP) is 7.51. The molecular formula is C31H48N2. The molecule has 0 aromatic carbocycles. The average molecular weight is 449 g/mol. The van der Waals surface area contributed by atoms with Crippen molar-refractivity contribution in [3.05, 3.63) is 84.2 Å². The fraction of sp³-hybridized carbons (Fsp3) is 0.548. The number of hydrogen-bond acceptors (Lipinski definition) is 2. The summed E-state index contributed by atoms with van der Waals surface area (Å²) in [4.78, 5) is 0. The minimum absolute atomic E-state index is 0.0747. The molecule has 0 spiro atoms. The van der Waals surface area contributed by atoms with E-state index in [4.69, 9.17) is 5.73 Å². The summed E-state index contributed by atoms with van der Waals surface area (Å²) in [5.74, 6) is 2.20. The number of rotatable bonds is 8. The van der Waals surface area contributed by atoms with Gasteiger partial charge in [-0.15, -0.1) is 0 Å². The van der Waals surface area contributed by atoms with Crippen LogP contribution in [0.1, 0.15) is 61.3 Å². The van der Waals surface area contributed by atoms with Crippen molar-refractivity contribution in [1.29, 1.82) is 0 Å². The van der Waals surface area contributed by atoms with Gasteiger partial charge in [-0.1, -0.05) is 101 Å². The second-order valence-electron chi connectivity index (χ2n) is 10.5. The molecule has 182 valence electrons. The van der Waals surface area contributed by atoms with E-state index in [9.17, 15) is 0 Å². The lowest BCUT2D eigenvalue weighted by Gasteiger charge is -2.52. The van der Waals surface area contributed by atoms with Crippen LogP contribution in [0.25, 0.3) is 0 Å². The fourth-order valence-corrected chi connectivity index (χ4v) is 6.69. The van der Waals surface area contributed by atoms with Gasteiger partial charge in [0, 0.05) is 17.7 Å². The second kappa shape index (κ2) is 12.4. The summed E-state index contributed by atoms with van der Waals surface area (Å²) in [6, 6.07) is 0.347. The maximum Gasteiger partial charge on any atom is 0.0354 e. The van der Waals surface area contributed by atoms with Gasteiger partial charge < -0.3 is 11.1 Å². The lowest BCUT2D eigenvalue weighted by atomic mass is 9.55. The molecule has 2 aliphatic rings. The summed E-state index contributed by atoms with van der Waals surface area (Å²) >= 11 is 0. The molecule has 1 saturated heterocycles. The van der Waals surface area contributed by atoms with Gasteiger partial charge in [0.05, 0.1) is 0 Å². The topological polar surface area (TPSA) is 38.0 Å². The van der Waals surface area contributed by atoms with E-state index in [0.29, 0.717) is 29.7 Å². The quantitative estimate of drug-likeness (QED) is 0.298. The lowest BCUT2D eigenvalue weighted by molar-refractivity contribution is 0.0223. The Kier molecular flexibility index (Phi) is 10.2. The summed E-state index contributed by atoms with van der Waals surface area (Å²) in [6.07, 6.45) is 23.8. The molecule has 0 radical (unpaired) electrons. The first kappa shape index (κ1) is 27.2. The van der Waals surface area contributed by atoms with Crippen molar-refractivity contribution in [3.63, 3.8) is 0 Å². The molecule has 1 aliphatic carbocycles. The van der Waals surface area contributed by atoms with Crippen LogP contribution in [-0.2, 0) is 0 Å². The van der Waals surface area contributed by atoms with Crippen LogP contribution in [0, 0.1) is 35.0 Å². The number of hydrogen-bond donors (Lipinski definition) is 2. The molecule has 33 heavy (non-hydrogen) atoms. The molecule has 1 aliphatic heterocycles.